The predicted octanol–water partition coefficient (Wildman–Crippen LogP) is 4.71. The number of nitrogens with zero attached hydrogens (tertiary/aromatic N) is 5. The maximum atomic E-state index is 13.0. The van der Waals surface area contributed by atoms with Gasteiger partial charge in [0.2, 0.25) is 5.96 Å². The lowest BCUT2D eigenvalue weighted by Gasteiger charge is -2.26. The van der Waals surface area contributed by atoms with Crippen molar-refractivity contribution in [1.82, 2.24) is 10.2 Å². The van der Waals surface area contributed by atoms with Crippen LogP contribution in [-0.2, 0) is 4.74 Å². The number of hydrogen-bond donors (Lipinski definition) is 2. The van der Waals surface area contributed by atoms with Gasteiger partial charge in [-0.05, 0) is 59.9 Å². The number of hydrogen-bond acceptors (Lipinski definition) is 6. The molecule has 1 aromatic heterocycles. The summed E-state index contributed by atoms with van der Waals surface area (Å²) in [4.78, 5) is 33.1. The maximum absolute atomic E-state index is 13.0. The highest BCUT2D eigenvalue weighted by Crippen LogP contribution is 2.24. The van der Waals surface area contributed by atoms with E-state index in [2.05, 4.69) is 32.2 Å². The van der Waals surface area contributed by atoms with Crippen molar-refractivity contribution in [2.24, 2.45) is 9.98 Å². The van der Waals surface area contributed by atoms with Crippen LogP contribution in [0.5, 0.6) is 0 Å². The van der Waals surface area contributed by atoms with Gasteiger partial charge in [-0.1, -0.05) is 6.07 Å². The Hall–Kier alpha value is -4.02. The molecule has 11 heteroatoms. The van der Waals surface area contributed by atoms with E-state index in [9.17, 15) is 14.9 Å². The third-order valence-electron chi connectivity index (χ3n) is 4.03. The molecule has 0 radical (unpaired) electrons. The number of anilines is 2. The van der Waals surface area contributed by atoms with Gasteiger partial charge in [-0.15, -0.1) is 0 Å². The van der Waals surface area contributed by atoms with Crippen molar-refractivity contribution in [2.75, 3.05) is 10.2 Å². The summed E-state index contributed by atoms with van der Waals surface area (Å²) in [6, 6.07) is 6.05. The summed E-state index contributed by atoms with van der Waals surface area (Å²) in [5.74, 6) is 0.481. The molecule has 2 N–H and O–H groups in total. The molecule has 0 bridgehead atoms. The van der Waals surface area contributed by atoms with Gasteiger partial charge in [0.05, 0.1) is 10.6 Å². The smallest absolute Gasteiger partial charge is 0.421 e. The fourth-order valence-electron chi connectivity index (χ4n) is 2.56. The highest BCUT2D eigenvalue weighted by atomic mass is 16.6. The molecule has 170 valence electrons. The monoisotopic (exact) mass is 441 g/mol. The van der Waals surface area contributed by atoms with E-state index < -0.39 is 16.6 Å². The van der Waals surface area contributed by atoms with Gasteiger partial charge in [0.1, 0.15) is 11.4 Å². The average molecular weight is 441 g/mol. The van der Waals surface area contributed by atoms with Crippen molar-refractivity contribution in [3.63, 3.8) is 0 Å². The van der Waals surface area contributed by atoms with Crippen molar-refractivity contribution >= 4 is 36.0 Å². The molecule has 0 fully saturated rings. The number of carbonyl (C=O) groups is 1. The van der Waals surface area contributed by atoms with E-state index >= 15 is 0 Å². The van der Waals surface area contributed by atoms with Crippen molar-refractivity contribution in [3.05, 3.63) is 57.5 Å². The van der Waals surface area contributed by atoms with Gasteiger partial charge in [-0.25, -0.2) is 14.7 Å². The number of aliphatic imine (C=N–C) groups is 2. The van der Waals surface area contributed by atoms with Crippen LogP contribution in [-0.4, -0.2) is 39.5 Å². The van der Waals surface area contributed by atoms with Gasteiger partial charge >= 0.3 is 6.09 Å². The highest BCUT2D eigenvalue weighted by molar-refractivity contribution is 5.99. The molecule has 2 rings (SSSR count). The minimum absolute atomic E-state index is 0.0301. The predicted molar refractivity (Wildman–Crippen MR) is 124 cm³/mol. The molecule has 0 spiro atoms. The molecule has 11 nitrogen and oxygen atoms in total. The number of nitro benzene ring substituents is 1. The summed E-state index contributed by atoms with van der Waals surface area (Å²) in [6.07, 6.45) is 0.900. The number of carbonyl (C=O) groups excluding carboxylic acids is 1. The Morgan fingerprint density at radius 1 is 1.34 bits per heavy atom. The number of nitrogens with one attached hydrogen (secondary N) is 2. The van der Waals surface area contributed by atoms with E-state index in [1.807, 2.05) is 0 Å². The molecular weight excluding hydrogens is 414 g/mol. The maximum Gasteiger partial charge on any atom is 0.421 e. The number of aromatic amines is 1. The summed E-state index contributed by atoms with van der Waals surface area (Å²) >= 11 is 0. The molecule has 2 aromatic rings. The second kappa shape index (κ2) is 9.86. The van der Waals surface area contributed by atoms with Crippen LogP contribution in [0.2, 0.25) is 0 Å². The van der Waals surface area contributed by atoms with Gasteiger partial charge < -0.3 is 10.1 Å². The van der Waals surface area contributed by atoms with Crippen LogP contribution >= 0.6 is 0 Å². The number of benzene rings is 1. The van der Waals surface area contributed by atoms with Crippen molar-refractivity contribution in [1.29, 1.82) is 0 Å². The molecule has 1 aromatic carbocycles. The summed E-state index contributed by atoms with van der Waals surface area (Å²) in [6.45, 7) is 14.0. The molecule has 1 heterocycles. The van der Waals surface area contributed by atoms with E-state index in [4.69, 9.17) is 4.74 Å². The lowest BCUT2D eigenvalue weighted by molar-refractivity contribution is -0.384. The van der Waals surface area contributed by atoms with Crippen molar-refractivity contribution < 1.29 is 14.5 Å². The molecule has 0 atom stereocenters. The Labute approximate surface area is 186 Å². The SMILES string of the molecule is C=N/C(=N\C(=C/C)N(C(=O)OC(C)(C)C)c1cc(C)[nH]n1)Nc1cc([N+](=O)[O-])ccc1C. The summed E-state index contributed by atoms with van der Waals surface area (Å²) < 4.78 is 5.52. The number of non-ortho nitro benzene ring substituents is 1. The Morgan fingerprint density at radius 3 is 2.53 bits per heavy atom. The zero-order chi connectivity index (χ0) is 24.1. The highest BCUT2D eigenvalue weighted by Gasteiger charge is 2.28. The summed E-state index contributed by atoms with van der Waals surface area (Å²) in [5.41, 5.74) is 1.07. The second-order valence-corrected chi connectivity index (χ2v) is 7.85. The normalized spacial score (nSPS) is 12.3. The Morgan fingerprint density at radius 2 is 2.03 bits per heavy atom. The van der Waals surface area contributed by atoms with Crippen molar-refractivity contribution in [2.45, 2.75) is 47.1 Å². The lowest BCUT2D eigenvalue weighted by Crippen LogP contribution is -2.36. The van der Waals surface area contributed by atoms with Crippen LogP contribution in [0.25, 0.3) is 0 Å². The molecule has 0 aliphatic heterocycles. The van der Waals surface area contributed by atoms with Gasteiger partial charge in [-0.3, -0.25) is 15.2 Å². The molecule has 0 unspecified atom stereocenters. The number of allylic oxidation sites excluding steroid dienone is 1. The van der Waals surface area contributed by atoms with Crippen molar-refractivity contribution in [3.8, 4) is 0 Å². The van der Waals surface area contributed by atoms with Crippen LogP contribution in [0.3, 0.4) is 0 Å². The van der Waals surface area contributed by atoms with Crippen LogP contribution in [0, 0.1) is 24.0 Å². The quantitative estimate of drug-likeness (QED) is 0.298. The Balaban J connectivity index is 2.47. The van der Waals surface area contributed by atoms with E-state index in [1.54, 1.807) is 59.8 Å². The first-order valence-corrected chi connectivity index (χ1v) is 9.74. The summed E-state index contributed by atoms with van der Waals surface area (Å²) in [5, 5.41) is 21.0. The Kier molecular flexibility index (Phi) is 7.47. The fourth-order valence-corrected chi connectivity index (χ4v) is 2.56. The molecular formula is C21H27N7O4. The molecule has 0 saturated carbocycles. The first-order chi connectivity index (χ1) is 14.9. The fraction of sp³-hybridized carbons (Fsp3) is 0.333. The largest absolute Gasteiger partial charge is 0.443 e. The third-order valence-corrected chi connectivity index (χ3v) is 4.03. The minimum Gasteiger partial charge on any atom is -0.443 e. The van der Waals surface area contributed by atoms with Gasteiger partial charge in [0.25, 0.3) is 5.69 Å². The number of H-pyrrole nitrogens is 1. The van der Waals surface area contributed by atoms with Gasteiger partial charge in [0.15, 0.2) is 5.82 Å². The van der Waals surface area contributed by atoms with Crippen LogP contribution in [0.1, 0.15) is 39.0 Å². The number of guanidine groups is 1. The zero-order valence-electron chi connectivity index (χ0n) is 19.0. The lowest BCUT2D eigenvalue weighted by atomic mass is 10.2. The number of amides is 1. The molecule has 0 saturated heterocycles. The Bertz CT molecular complexity index is 1080. The minimum atomic E-state index is -0.749. The molecule has 32 heavy (non-hydrogen) atoms. The van der Waals surface area contributed by atoms with E-state index in [0.717, 1.165) is 11.3 Å². The molecule has 0 aliphatic rings. The van der Waals surface area contributed by atoms with Gasteiger partial charge in [-0.2, -0.15) is 10.1 Å². The standard InChI is InChI=1S/C21H27N7O4/c1-8-17(27(18-11-14(3)25-26-18)20(29)32-21(4,5)6)24-19(22-7)23-16-12-15(28(30)31)10-9-13(16)2/h8-12H,7H2,1-6H3,(H,23,24)(H,25,26)/b17-8+. The third kappa shape index (κ3) is 6.24. The van der Waals surface area contributed by atoms with Crippen LogP contribution in [0.4, 0.5) is 22.0 Å². The number of aromatic nitrogens is 2. The first kappa shape index (κ1) is 24.3. The van der Waals surface area contributed by atoms with E-state index in [1.165, 1.54) is 17.0 Å². The second-order valence-electron chi connectivity index (χ2n) is 7.85. The number of rotatable bonds is 5. The first-order valence-electron chi connectivity index (χ1n) is 9.74. The summed E-state index contributed by atoms with van der Waals surface area (Å²) in [7, 11) is 0. The van der Waals surface area contributed by atoms with E-state index in [-0.39, 0.29) is 23.3 Å². The average Bonchev–Trinajstić information content (AvgIpc) is 3.12. The van der Waals surface area contributed by atoms with Gasteiger partial charge in [0, 0.05) is 23.9 Å². The molecule has 0 aliphatic carbocycles. The number of ether oxygens (including phenoxy) is 1. The molecule has 1 amide bonds. The number of nitro groups is 1. The van der Waals surface area contributed by atoms with Crippen LogP contribution < -0.4 is 10.2 Å². The van der Waals surface area contributed by atoms with Crippen LogP contribution in [0.15, 0.2) is 46.1 Å². The van der Waals surface area contributed by atoms with E-state index in [0.29, 0.717) is 5.69 Å². The topological polar surface area (TPSA) is 138 Å². The zero-order valence-corrected chi connectivity index (χ0v) is 19.0. The number of aryl methyl sites for hydroxylation is 2.